The van der Waals surface area contributed by atoms with E-state index < -0.39 is 5.97 Å². The van der Waals surface area contributed by atoms with Crippen molar-refractivity contribution < 1.29 is 9.90 Å². The first kappa shape index (κ1) is 9.58. The smallest absolute Gasteiger partial charge is 0.307 e. The van der Waals surface area contributed by atoms with Crippen molar-refractivity contribution >= 4 is 17.7 Å². The summed E-state index contributed by atoms with van der Waals surface area (Å²) in [4.78, 5) is 10.6. The molecule has 0 spiro atoms. The molecule has 1 N–H and O–H groups in total. The maximum absolute atomic E-state index is 10.6. The lowest BCUT2D eigenvalue weighted by molar-refractivity contribution is -0.136. The molecule has 0 atom stereocenters. The molecule has 0 fully saturated rings. The van der Waals surface area contributed by atoms with Crippen LogP contribution in [0.5, 0.6) is 0 Å². The topological polar surface area (TPSA) is 62.0 Å². The number of azo groups is 1. The van der Waals surface area contributed by atoms with Gasteiger partial charge in [0.1, 0.15) is 0 Å². The summed E-state index contributed by atoms with van der Waals surface area (Å²) in [6.07, 6.45) is 1.87. The Labute approximate surface area is 87.0 Å². The molecular weight excluding hydrogens is 192 g/mol. The summed E-state index contributed by atoms with van der Waals surface area (Å²) in [6, 6.07) is 7.54. The van der Waals surface area contributed by atoms with Crippen molar-refractivity contribution in [2.45, 2.75) is 6.42 Å². The van der Waals surface area contributed by atoms with Gasteiger partial charge in [-0.2, -0.15) is 10.2 Å². The predicted molar refractivity (Wildman–Crippen MR) is 56.1 cm³/mol. The normalized spacial score (nSPS) is 14.0. The van der Waals surface area contributed by atoms with Gasteiger partial charge in [-0.25, -0.2) is 0 Å². The number of fused-ring (bicyclic) bond motifs is 1. The summed E-state index contributed by atoms with van der Waals surface area (Å²) < 4.78 is 0. The third kappa shape index (κ3) is 2.28. The fourth-order valence-electron chi connectivity index (χ4n) is 1.47. The van der Waals surface area contributed by atoms with E-state index in [-0.39, 0.29) is 6.42 Å². The maximum atomic E-state index is 10.6. The minimum Gasteiger partial charge on any atom is -0.481 e. The summed E-state index contributed by atoms with van der Waals surface area (Å²) >= 11 is 0. The number of carboxylic acids is 1. The van der Waals surface area contributed by atoms with E-state index in [1.54, 1.807) is 0 Å². The molecule has 1 heterocycles. The Morgan fingerprint density at radius 2 is 2.20 bits per heavy atom. The van der Waals surface area contributed by atoms with Gasteiger partial charge >= 0.3 is 5.97 Å². The van der Waals surface area contributed by atoms with E-state index in [2.05, 4.69) is 10.2 Å². The van der Waals surface area contributed by atoms with Gasteiger partial charge in [0.25, 0.3) is 0 Å². The van der Waals surface area contributed by atoms with Crippen LogP contribution in [0, 0.1) is 0 Å². The first-order chi connectivity index (χ1) is 7.25. The standard InChI is InChI=1S/C11H10N2O2/c14-11(15)6-8-5-9-3-1-2-4-10(9)13-12-7-8/h1-5H,6-7H2,(H,14,15). The molecule has 0 aromatic heterocycles. The van der Waals surface area contributed by atoms with E-state index in [9.17, 15) is 4.79 Å². The van der Waals surface area contributed by atoms with Crippen molar-refractivity contribution in [3.63, 3.8) is 0 Å². The number of rotatable bonds is 2. The van der Waals surface area contributed by atoms with Gasteiger partial charge in [0.15, 0.2) is 0 Å². The minimum absolute atomic E-state index is 0.0212. The molecular formula is C11H10N2O2. The molecule has 1 aliphatic heterocycles. The molecule has 0 radical (unpaired) electrons. The van der Waals surface area contributed by atoms with Crippen molar-refractivity contribution in [3.8, 4) is 0 Å². The second-order valence-electron chi connectivity index (χ2n) is 3.33. The Morgan fingerprint density at radius 1 is 1.40 bits per heavy atom. The van der Waals surface area contributed by atoms with Gasteiger partial charge in [0, 0.05) is 5.56 Å². The summed E-state index contributed by atoms with van der Waals surface area (Å²) in [6.45, 7) is 0.362. The molecule has 76 valence electrons. The molecule has 0 amide bonds. The summed E-state index contributed by atoms with van der Waals surface area (Å²) in [5.41, 5.74) is 2.49. The molecule has 1 aromatic carbocycles. The van der Waals surface area contributed by atoms with E-state index in [0.717, 1.165) is 16.8 Å². The molecule has 1 aliphatic rings. The van der Waals surface area contributed by atoms with Crippen LogP contribution in [0.4, 0.5) is 5.69 Å². The number of benzene rings is 1. The van der Waals surface area contributed by atoms with Crippen molar-refractivity contribution in [1.82, 2.24) is 0 Å². The third-order valence-electron chi connectivity index (χ3n) is 2.13. The van der Waals surface area contributed by atoms with Gasteiger partial charge in [-0.3, -0.25) is 4.79 Å². The highest BCUT2D eigenvalue weighted by Gasteiger charge is 2.08. The maximum Gasteiger partial charge on any atom is 0.307 e. The SMILES string of the molecule is O=C(O)CC1=Cc2ccccc2N=NC1. The highest BCUT2D eigenvalue weighted by Crippen LogP contribution is 2.25. The van der Waals surface area contributed by atoms with Crippen molar-refractivity contribution in [2.75, 3.05) is 6.54 Å². The highest BCUT2D eigenvalue weighted by atomic mass is 16.4. The molecule has 4 nitrogen and oxygen atoms in total. The van der Waals surface area contributed by atoms with E-state index in [1.165, 1.54) is 0 Å². The first-order valence-electron chi connectivity index (χ1n) is 4.63. The van der Waals surface area contributed by atoms with E-state index in [4.69, 9.17) is 5.11 Å². The van der Waals surface area contributed by atoms with Crippen LogP contribution in [-0.2, 0) is 4.79 Å². The van der Waals surface area contributed by atoms with Gasteiger partial charge < -0.3 is 5.11 Å². The van der Waals surface area contributed by atoms with Crippen LogP contribution in [0.1, 0.15) is 12.0 Å². The number of nitrogens with zero attached hydrogens (tertiary/aromatic N) is 2. The van der Waals surface area contributed by atoms with Crippen LogP contribution in [0.15, 0.2) is 40.1 Å². The lowest BCUT2D eigenvalue weighted by atomic mass is 10.1. The summed E-state index contributed by atoms with van der Waals surface area (Å²) in [5.74, 6) is -0.837. The van der Waals surface area contributed by atoms with Crippen molar-refractivity contribution in [3.05, 3.63) is 35.4 Å². The number of hydrogen-bond acceptors (Lipinski definition) is 3. The molecule has 0 unspecified atom stereocenters. The monoisotopic (exact) mass is 202 g/mol. The van der Waals surface area contributed by atoms with Gasteiger partial charge in [0.05, 0.1) is 18.7 Å². The van der Waals surface area contributed by atoms with Gasteiger partial charge in [0.2, 0.25) is 0 Å². The van der Waals surface area contributed by atoms with Crippen LogP contribution < -0.4 is 0 Å². The first-order valence-corrected chi connectivity index (χ1v) is 4.63. The average molecular weight is 202 g/mol. The molecule has 1 aromatic rings. The van der Waals surface area contributed by atoms with Crippen molar-refractivity contribution in [2.24, 2.45) is 10.2 Å². The van der Waals surface area contributed by atoms with Crippen molar-refractivity contribution in [1.29, 1.82) is 0 Å². The third-order valence-corrected chi connectivity index (χ3v) is 2.13. The van der Waals surface area contributed by atoms with Crippen LogP contribution >= 0.6 is 0 Å². The van der Waals surface area contributed by atoms with Crippen LogP contribution in [0.3, 0.4) is 0 Å². The lowest BCUT2D eigenvalue weighted by Crippen LogP contribution is -1.99. The molecule has 0 saturated carbocycles. The Hall–Kier alpha value is -1.97. The zero-order valence-electron chi connectivity index (χ0n) is 8.05. The highest BCUT2D eigenvalue weighted by molar-refractivity contribution is 5.75. The minimum atomic E-state index is -0.837. The van der Waals surface area contributed by atoms with Crippen LogP contribution in [0.25, 0.3) is 6.08 Å². The number of carbonyl (C=O) groups is 1. The molecule has 15 heavy (non-hydrogen) atoms. The van der Waals surface area contributed by atoms with E-state index in [1.807, 2.05) is 30.3 Å². The second kappa shape index (κ2) is 4.04. The zero-order valence-corrected chi connectivity index (χ0v) is 8.05. The van der Waals surface area contributed by atoms with Gasteiger partial charge in [-0.05, 0) is 11.6 Å². The Bertz CT molecular complexity index is 450. The van der Waals surface area contributed by atoms with Gasteiger partial charge in [-0.1, -0.05) is 24.3 Å². The van der Waals surface area contributed by atoms with Gasteiger partial charge in [-0.15, -0.1) is 0 Å². The number of aliphatic carboxylic acids is 1. The quantitative estimate of drug-likeness (QED) is 0.801. The lowest BCUT2D eigenvalue weighted by Gasteiger charge is -1.98. The summed E-state index contributed by atoms with van der Waals surface area (Å²) in [7, 11) is 0. The summed E-state index contributed by atoms with van der Waals surface area (Å²) in [5, 5.41) is 16.7. The number of carboxylic acid groups (broad SMARTS) is 1. The van der Waals surface area contributed by atoms with Crippen LogP contribution in [-0.4, -0.2) is 17.6 Å². The molecule has 2 rings (SSSR count). The fraction of sp³-hybridized carbons (Fsp3) is 0.182. The second-order valence-corrected chi connectivity index (χ2v) is 3.33. The fourth-order valence-corrected chi connectivity index (χ4v) is 1.47. The largest absolute Gasteiger partial charge is 0.481 e. The Morgan fingerprint density at radius 3 is 3.00 bits per heavy atom. The van der Waals surface area contributed by atoms with E-state index >= 15 is 0 Å². The average Bonchev–Trinajstić information content (AvgIpc) is 2.38. The molecule has 4 heteroatoms. The van der Waals surface area contributed by atoms with E-state index in [0.29, 0.717) is 6.54 Å². The molecule has 0 saturated heterocycles. The van der Waals surface area contributed by atoms with Crippen LogP contribution in [0.2, 0.25) is 0 Å². The number of hydrogen-bond donors (Lipinski definition) is 1. The predicted octanol–water partition coefficient (Wildman–Crippen LogP) is 2.64. The zero-order chi connectivity index (χ0) is 10.7. The Kier molecular flexibility index (Phi) is 2.58. The molecule has 0 aliphatic carbocycles. The Balaban J connectivity index is 2.36. The molecule has 0 bridgehead atoms.